The molecule has 1 amide bonds. The summed E-state index contributed by atoms with van der Waals surface area (Å²) in [5.74, 6) is -0.172. The van der Waals surface area contributed by atoms with Gasteiger partial charge in [0.2, 0.25) is 0 Å². The molecule has 3 aromatic rings. The first-order valence-corrected chi connectivity index (χ1v) is 9.30. The Morgan fingerprint density at radius 1 is 1.07 bits per heavy atom. The van der Waals surface area contributed by atoms with E-state index in [4.69, 9.17) is 11.6 Å². The zero-order valence-corrected chi connectivity index (χ0v) is 15.4. The third kappa shape index (κ3) is 3.66. The van der Waals surface area contributed by atoms with Gasteiger partial charge in [0.1, 0.15) is 11.4 Å². The number of piperidine rings is 1. The summed E-state index contributed by atoms with van der Waals surface area (Å²) < 4.78 is 1.59. The summed E-state index contributed by atoms with van der Waals surface area (Å²) in [7, 11) is 0. The van der Waals surface area contributed by atoms with Crippen LogP contribution in [0.15, 0.2) is 48.7 Å². The Kier molecular flexibility index (Phi) is 4.81. The van der Waals surface area contributed by atoms with Crippen LogP contribution in [0.2, 0.25) is 5.02 Å². The standard InChI is InChI=1S/C20H19ClN4O2/c21-15-6-4-5-14(11-15)18-13-25(23-22-18)16-7-8-19(26)17(12-16)20(27)24-9-2-1-3-10-24/h4-8,11-13,26H,1-3,9-10H2. The molecular formula is C20H19ClN4O2. The first kappa shape index (κ1) is 17.5. The van der Waals surface area contributed by atoms with Gasteiger partial charge in [-0.1, -0.05) is 28.9 Å². The number of halogens is 1. The average molecular weight is 383 g/mol. The van der Waals surface area contributed by atoms with Gasteiger partial charge >= 0.3 is 0 Å². The van der Waals surface area contributed by atoms with E-state index in [2.05, 4.69) is 10.3 Å². The average Bonchev–Trinajstić information content (AvgIpc) is 3.19. The molecule has 138 valence electrons. The van der Waals surface area contributed by atoms with Gasteiger partial charge in [-0.15, -0.1) is 5.10 Å². The number of hydrogen-bond donors (Lipinski definition) is 1. The van der Waals surface area contributed by atoms with Crippen LogP contribution in [0.25, 0.3) is 16.9 Å². The van der Waals surface area contributed by atoms with Crippen molar-refractivity contribution in [1.29, 1.82) is 0 Å². The van der Waals surface area contributed by atoms with E-state index in [0.29, 0.717) is 16.4 Å². The number of aromatic hydroxyl groups is 1. The topological polar surface area (TPSA) is 71.2 Å². The first-order chi connectivity index (χ1) is 13.1. The van der Waals surface area contributed by atoms with Gasteiger partial charge in [0, 0.05) is 23.7 Å². The van der Waals surface area contributed by atoms with Gasteiger partial charge < -0.3 is 10.0 Å². The van der Waals surface area contributed by atoms with Crippen LogP contribution in [0.1, 0.15) is 29.6 Å². The molecule has 1 aromatic heterocycles. The zero-order chi connectivity index (χ0) is 18.8. The van der Waals surface area contributed by atoms with E-state index in [-0.39, 0.29) is 17.2 Å². The van der Waals surface area contributed by atoms with Crippen LogP contribution in [-0.2, 0) is 0 Å². The highest BCUT2D eigenvalue weighted by Gasteiger charge is 2.21. The molecule has 0 radical (unpaired) electrons. The fraction of sp³-hybridized carbons (Fsp3) is 0.250. The molecule has 7 heteroatoms. The predicted molar refractivity (Wildman–Crippen MR) is 103 cm³/mol. The van der Waals surface area contributed by atoms with E-state index in [9.17, 15) is 9.90 Å². The van der Waals surface area contributed by atoms with E-state index in [1.165, 1.54) is 6.07 Å². The highest BCUT2D eigenvalue weighted by atomic mass is 35.5. The highest BCUT2D eigenvalue weighted by Crippen LogP contribution is 2.25. The molecule has 2 aromatic carbocycles. The summed E-state index contributed by atoms with van der Waals surface area (Å²) in [5.41, 5.74) is 2.48. The van der Waals surface area contributed by atoms with Crippen molar-refractivity contribution in [3.8, 4) is 22.7 Å². The van der Waals surface area contributed by atoms with Crippen LogP contribution in [0, 0.1) is 0 Å². The second-order valence-corrected chi connectivity index (χ2v) is 7.05. The molecule has 27 heavy (non-hydrogen) atoms. The molecule has 0 aliphatic carbocycles. The molecule has 0 bridgehead atoms. The minimum atomic E-state index is -0.149. The van der Waals surface area contributed by atoms with Crippen molar-refractivity contribution in [3.63, 3.8) is 0 Å². The monoisotopic (exact) mass is 382 g/mol. The molecule has 1 saturated heterocycles. The number of amides is 1. The van der Waals surface area contributed by atoms with Crippen LogP contribution in [0.5, 0.6) is 5.75 Å². The number of aromatic nitrogens is 3. The number of carbonyl (C=O) groups is 1. The van der Waals surface area contributed by atoms with Gasteiger partial charge in [-0.2, -0.15) is 0 Å². The fourth-order valence-corrected chi connectivity index (χ4v) is 3.47. The zero-order valence-electron chi connectivity index (χ0n) is 14.7. The van der Waals surface area contributed by atoms with Gasteiger partial charge in [-0.25, -0.2) is 4.68 Å². The Hall–Kier alpha value is -2.86. The third-order valence-corrected chi connectivity index (χ3v) is 4.97. The molecule has 1 aliphatic rings. The number of rotatable bonds is 3. The van der Waals surface area contributed by atoms with Gasteiger partial charge in [-0.05, 0) is 49.6 Å². The number of nitrogens with zero attached hydrogens (tertiary/aromatic N) is 4. The molecule has 0 unspecified atom stereocenters. The van der Waals surface area contributed by atoms with Crippen molar-refractivity contribution in [2.24, 2.45) is 0 Å². The van der Waals surface area contributed by atoms with Crippen LogP contribution < -0.4 is 0 Å². The normalized spacial score (nSPS) is 14.3. The van der Waals surface area contributed by atoms with E-state index >= 15 is 0 Å². The lowest BCUT2D eigenvalue weighted by atomic mass is 10.1. The number of carbonyl (C=O) groups excluding carboxylic acids is 1. The van der Waals surface area contributed by atoms with Gasteiger partial charge in [0.15, 0.2) is 0 Å². The van der Waals surface area contributed by atoms with Crippen LogP contribution in [-0.4, -0.2) is 44.0 Å². The lowest BCUT2D eigenvalue weighted by Gasteiger charge is -2.27. The molecule has 0 spiro atoms. The fourth-order valence-electron chi connectivity index (χ4n) is 3.28. The second-order valence-electron chi connectivity index (χ2n) is 6.61. The molecule has 2 heterocycles. The van der Waals surface area contributed by atoms with Crippen molar-refractivity contribution in [2.75, 3.05) is 13.1 Å². The third-order valence-electron chi connectivity index (χ3n) is 4.73. The Bertz CT molecular complexity index is 980. The predicted octanol–water partition coefficient (Wildman–Crippen LogP) is 3.92. The Morgan fingerprint density at radius 2 is 1.89 bits per heavy atom. The number of likely N-dealkylation sites (tertiary alicyclic amines) is 1. The summed E-state index contributed by atoms with van der Waals surface area (Å²) in [4.78, 5) is 14.6. The molecular weight excluding hydrogens is 364 g/mol. The largest absolute Gasteiger partial charge is 0.507 e. The molecule has 0 saturated carbocycles. The highest BCUT2D eigenvalue weighted by molar-refractivity contribution is 6.30. The molecule has 6 nitrogen and oxygen atoms in total. The summed E-state index contributed by atoms with van der Waals surface area (Å²) in [6.07, 6.45) is 4.91. The minimum Gasteiger partial charge on any atom is -0.507 e. The second kappa shape index (κ2) is 7.40. The molecule has 1 aliphatic heterocycles. The lowest BCUT2D eigenvalue weighted by molar-refractivity contribution is 0.0721. The number of benzene rings is 2. The number of hydrogen-bond acceptors (Lipinski definition) is 4. The molecule has 1 fully saturated rings. The van der Waals surface area contributed by atoms with Crippen molar-refractivity contribution in [2.45, 2.75) is 19.3 Å². The molecule has 1 N–H and O–H groups in total. The van der Waals surface area contributed by atoms with Gasteiger partial charge in [0.05, 0.1) is 17.4 Å². The van der Waals surface area contributed by atoms with Crippen LogP contribution >= 0.6 is 11.6 Å². The van der Waals surface area contributed by atoms with Crippen molar-refractivity contribution in [3.05, 3.63) is 59.2 Å². The quantitative estimate of drug-likeness (QED) is 0.745. The van der Waals surface area contributed by atoms with Crippen molar-refractivity contribution in [1.82, 2.24) is 19.9 Å². The maximum atomic E-state index is 12.8. The van der Waals surface area contributed by atoms with Crippen LogP contribution in [0.4, 0.5) is 0 Å². The molecule has 4 rings (SSSR count). The van der Waals surface area contributed by atoms with E-state index in [0.717, 1.165) is 37.9 Å². The van der Waals surface area contributed by atoms with Crippen molar-refractivity contribution < 1.29 is 9.90 Å². The van der Waals surface area contributed by atoms with E-state index < -0.39 is 0 Å². The number of phenols is 1. The Morgan fingerprint density at radius 3 is 2.67 bits per heavy atom. The maximum Gasteiger partial charge on any atom is 0.257 e. The smallest absolute Gasteiger partial charge is 0.257 e. The van der Waals surface area contributed by atoms with Crippen LogP contribution in [0.3, 0.4) is 0 Å². The van der Waals surface area contributed by atoms with Gasteiger partial charge in [-0.3, -0.25) is 4.79 Å². The molecule has 0 atom stereocenters. The lowest BCUT2D eigenvalue weighted by Crippen LogP contribution is -2.35. The summed E-state index contributed by atoms with van der Waals surface area (Å²) in [6.45, 7) is 1.45. The van der Waals surface area contributed by atoms with E-state index in [1.807, 2.05) is 18.2 Å². The first-order valence-electron chi connectivity index (χ1n) is 8.93. The maximum absolute atomic E-state index is 12.8. The number of phenolic OH excluding ortho intramolecular Hbond substituents is 1. The van der Waals surface area contributed by atoms with Gasteiger partial charge in [0.25, 0.3) is 5.91 Å². The SMILES string of the molecule is O=C(c1cc(-n2cc(-c3cccc(Cl)c3)nn2)ccc1O)N1CCCCC1. The summed E-state index contributed by atoms with van der Waals surface area (Å²) in [5, 5.41) is 19.2. The van der Waals surface area contributed by atoms with Crippen molar-refractivity contribution >= 4 is 17.5 Å². The summed E-state index contributed by atoms with van der Waals surface area (Å²) in [6, 6.07) is 12.3. The summed E-state index contributed by atoms with van der Waals surface area (Å²) >= 11 is 6.04. The van der Waals surface area contributed by atoms with E-state index in [1.54, 1.807) is 34.0 Å². The minimum absolute atomic E-state index is 0.0236. The Balaban J connectivity index is 1.64. The Labute approximate surface area is 162 Å².